The fourth-order valence-electron chi connectivity index (χ4n) is 2.30. The Morgan fingerprint density at radius 2 is 1.73 bits per heavy atom. The molecule has 0 spiro atoms. The van der Waals surface area contributed by atoms with Gasteiger partial charge < -0.3 is 14.7 Å². The molecule has 1 N–H and O–H groups in total. The van der Waals surface area contributed by atoms with Crippen LogP contribution in [0.1, 0.15) is 19.4 Å². The van der Waals surface area contributed by atoms with E-state index in [4.69, 9.17) is 4.74 Å². The zero-order valence-electron chi connectivity index (χ0n) is 12.9. The first-order chi connectivity index (χ1) is 10.6. The highest BCUT2D eigenvalue weighted by atomic mass is 16.5. The zero-order chi connectivity index (χ0) is 15.9. The number of carbonyl (C=O) groups is 1. The minimum atomic E-state index is -0.117. The Bertz CT molecular complexity index is 611. The summed E-state index contributed by atoms with van der Waals surface area (Å²) in [5.41, 5.74) is 1.52. The Kier molecular flexibility index (Phi) is 5.55. The molecule has 4 nitrogen and oxygen atoms in total. The number of anilines is 1. The van der Waals surface area contributed by atoms with E-state index >= 15 is 0 Å². The van der Waals surface area contributed by atoms with Crippen molar-refractivity contribution in [3.63, 3.8) is 0 Å². The van der Waals surface area contributed by atoms with Crippen LogP contribution in [0.2, 0.25) is 0 Å². The molecule has 0 saturated carbocycles. The molecular formula is C18H21NO3. The first-order valence-corrected chi connectivity index (χ1v) is 7.32. The number of para-hydroxylation sites is 2. The van der Waals surface area contributed by atoms with E-state index in [0.717, 1.165) is 5.69 Å². The summed E-state index contributed by atoms with van der Waals surface area (Å²) < 4.78 is 5.59. The van der Waals surface area contributed by atoms with Gasteiger partial charge in [-0.25, -0.2) is 0 Å². The van der Waals surface area contributed by atoms with Crippen molar-refractivity contribution in [1.82, 2.24) is 0 Å². The van der Waals surface area contributed by atoms with E-state index in [-0.39, 0.29) is 25.2 Å². The summed E-state index contributed by atoms with van der Waals surface area (Å²) in [5, 5.41) is 9.28. The van der Waals surface area contributed by atoms with Crippen molar-refractivity contribution in [2.75, 3.05) is 11.5 Å². The highest BCUT2D eigenvalue weighted by Crippen LogP contribution is 2.20. The zero-order valence-corrected chi connectivity index (χ0v) is 12.9. The van der Waals surface area contributed by atoms with E-state index in [2.05, 4.69) is 0 Å². The molecule has 1 amide bonds. The Morgan fingerprint density at radius 1 is 1.09 bits per heavy atom. The first-order valence-electron chi connectivity index (χ1n) is 7.32. The largest absolute Gasteiger partial charge is 0.483 e. The number of carbonyl (C=O) groups excluding carboxylic acids is 1. The molecule has 0 unspecified atom stereocenters. The number of hydrogen-bond acceptors (Lipinski definition) is 3. The lowest BCUT2D eigenvalue weighted by Crippen LogP contribution is -2.40. The van der Waals surface area contributed by atoms with Crippen molar-refractivity contribution in [2.45, 2.75) is 26.5 Å². The summed E-state index contributed by atoms with van der Waals surface area (Å²) in [5.74, 6) is 0.420. The molecule has 0 fully saturated rings. The lowest BCUT2D eigenvalue weighted by Gasteiger charge is -2.27. The third-order valence-electron chi connectivity index (χ3n) is 3.31. The SMILES string of the molecule is CC(C)N(C(=O)COc1ccccc1CO)c1ccccc1. The fourth-order valence-corrected chi connectivity index (χ4v) is 2.30. The molecule has 116 valence electrons. The van der Waals surface area contributed by atoms with Crippen molar-refractivity contribution in [3.8, 4) is 5.75 Å². The summed E-state index contributed by atoms with van der Waals surface area (Å²) in [4.78, 5) is 14.2. The number of aliphatic hydroxyl groups is 1. The van der Waals surface area contributed by atoms with Crippen molar-refractivity contribution in [2.24, 2.45) is 0 Å². The van der Waals surface area contributed by atoms with Gasteiger partial charge in [0, 0.05) is 17.3 Å². The molecule has 0 atom stereocenters. The number of rotatable bonds is 6. The summed E-state index contributed by atoms with van der Waals surface area (Å²) >= 11 is 0. The minimum Gasteiger partial charge on any atom is -0.483 e. The molecule has 0 aliphatic carbocycles. The molecule has 0 radical (unpaired) electrons. The van der Waals surface area contributed by atoms with Crippen molar-refractivity contribution >= 4 is 11.6 Å². The van der Waals surface area contributed by atoms with Crippen LogP contribution in [0.3, 0.4) is 0 Å². The van der Waals surface area contributed by atoms with E-state index in [9.17, 15) is 9.90 Å². The quantitative estimate of drug-likeness (QED) is 0.892. The van der Waals surface area contributed by atoms with Crippen LogP contribution in [0, 0.1) is 0 Å². The van der Waals surface area contributed by atoms with Crippen LogP contribution in [0.4, 0.5) is 5.69 Å². The van der Waals surface area contributed by atoms with Crippen LogP contribution in [0.15, 0.2) is 54.6 Å². The van der Waals surface area contributed by atoms with Gasteiger partial charge >= 0.3 is 0 Å². The molecular weight excluding hydrogens is 278 g/mol. The third kappa shape index (κ3) is 3.86. The maximum atomic E-state index is 12.5. The van der Waals surface area contributed by atoms with E-state index in [1.807, 2.05) is 56.3 Å². The van der Waals surface area contributed by atoms with Gasteiger partial charge in [0.15, 0.2) is 6.61 Å². The Morgan fingerprint density at radius 3 is 2.36 bits per heavy atom. The Hall–Kier alpha value is -2.33. The first kappa shape index (κ1) is 16.0. The molecule has 2 aromatic carbocycles. The summed E-state index contributed by atoms with van der Waals surface area (Å²) in [6.07, 6.45) is 0. The molecule has 22 heavy (non-hydrogen) atoms. The number of amides is 1. The average molecular weight is 299 g/mol. The van der Waals surface area contributed by atoms with E-state index in [1.165, 1.54) is 0 Å². The van der Waals surface area contributed by atoms with Gasteiger partial charge in [-0.15, -0.1) is 0 Å². The highest BCUT2D eigenvalue weighted by Gasteiger charge is 2.19. The number of aliphatic hydroxyl groups excluding tert-OH is 1. The second-order valence-electron chi connectivity index (χ2n) is 5.25. The molecule has 4 heteroatoms. The lowest BCUT2D eigenvalue weighted by atomic mass is 10.2. The van der Waals surface area contributed by atoms with Gasteiger partial charge in [0.25, 0.3) is 5.91 Å². The number of nitrogens with zero attached hydrogens (tertiary/aromatic N) is 1. The number of benzene rings is 2. The molecule has 0 saturated heterocycles. The van der Waals surface area contributed by atoms with Crippen LogP contribution in [-0.2, 0) is 11.4 Å². The molecule has 0 aliphatic rings. The maximum Gasteiger partial charge on any atom is 0.265 e. The van der Waals surface area contributed by atoms with Gasteiger partial charge in [0.05, 0.1) is 6.61 Å². The van der Waals surface area contributed by atoms with Crippen LogP contribution in [0.5, 0.6) is 5.75 Å². The second-order valence-corrected chi connectivity index (χ2v) is 5.25. The Labute approximate surface area is 131 Å². The minimum absolute atomic E-state index is 0.0339. The predicted molar refractivity (Wildman–Crippen MR) is 86.9 cm³/mol. The van der Waals surface area contributed by atoms with Crippen molar-refractivity contribution < 1.29 is 14.6 Å². The monoisotopic (exact) mass is 299 g/mol. The summed E-state index contributed by atoms with van der Waals surface area (Å²) in [6.45, 7) is 3.75. The van der Waals surface area contributed by atoms with Gasteiger partial charge in [-0.1, -0.05) is 36.4 Å². The van der Waals surface area contributed by atoms with Gasteiger partial charge in [0.1, 0.15) is 5.75 Å². The molecule has 0 bridgehead atoms. The average Bonchev–Trinajstić information content (AvgIpc) is 2.54. The topological polar surface area (TPSA) is 49.8 Å². The third-order valence-corrected chi connectivity index (χ3v) is 3.31. The van der Waals surface area contributed by atoms with Gasteiger partial charge in [-0.05, 0) is 32.0 Å². The van der Waals surface area contributed by atoms with Crippen molar-refractivity contribution in [3.05, 3.63) is 60.2 Å². The van der Waals surface area contributed by atoms with Gasteiger partial charge in [-0.3, -0.25) is 4.79 Å². The van der Waals surface area contributed by atoms with E-state index in [1.54, 1.807) is 17.0 Å². The summed E-state index contributed by atoms with van der Waals surface area (Å²) in [6, 6.07) is 16.7. The van der Waals surface area contributed by atoms with Crippen molar-refractivity contribution in [1.29, 1.82) is 0 Å². The predicted octanol–water partition coefficient (Wildman–Crippen LogP) is 3.00. The van der Waals surface area contributed by atoms with Crippen LogP contribution in [-0.4, -0.2) is 23.7 Å². The highest BCUT2D eigenvalue weighted by molar-refractivity contribution is 5.94. The van der Waals surface area contributed by atoms with E-state index in [0.29, 0.717) is 11.3 Å². The fraction of sp³-hybridized carbons (Fsp3) is 0.278. The van der Waals surface area contributed by atoms with Crippen LogP contribution in [0.25, 0.3) is 0 Å². The molecule has 0 aliphatic heterocycles. The molecule has 2 rings (SSSR count). The number of ether oxygens (including phenoxy) is 1. The second kappa shape index (κ2) is 7.61. The Balaban J connectivity index is 2.09. The maximum absolute atomic E-state index is 12.5. The van der Waals surface area contributed by atoms with Gasteiger partial charge in [0.2, 0.25) is 0 Å². The normalized spacial score (nSPS) is 10.5. The smallest absolute Gasteiger partial charge is 0.265 e. The van der Waals surface area contributed by atoms with E-state index < -0.39 is 0 Å². The molecule has 2 aromatic rings. The van der Waals surface area contributed by atoms with Gasteiger partial charge in [-0.2, -0.15) is 0 Å². The standard InChI is InChI=1S/C18H21NO3/c1-14(2)19(16-9-4-3-5-10-16)18(21)13-22-17-11-7-6-8-15(17)12-20/h3-11,14,20H,12-13H2,1-2H3. The number of hydrogen-bond donors (Lipinski definition) is 1. The van der Waals surface area contributed by atoms with Crippen LogP contribution < -0.4 is 9.64 Å². The molecule has 0 aromatic heterocycles. The lowest BCUT2D eigenvalue weighted by molar-refractivity contribution is -0.120. The summed E-state index contributed by atoms with van der Waals surface area (Å²) in [7, 11) is 0. The molecule has 0 heterocycles. The van der Waals surface area contributed by atoms with Crippen LogP contribution >= 0.6 is 0 Å².